The van der Waals surface area contributed by atoms with Gasteiger partial charge in [0.05, 0.1) is 12.8 Å². The highest BCUT2D eigenvalue weighted by atomic mass is 16.5. The van der Waals surface area contributed by atoms with Gasteiger partial charge in [-0.15, -0.1) is 0 Å². The molecule has 6 heteroatoms. The summed E-state index contributed by atoms with van der Waals surface area (Å²) < 4.78 is 10.5. The highest BCUT2D eigenvalue weighted by Crippen LogP contribution is 2.26. The van der Waals surface area contributed by atoms with Crippen LogP contribution in [0.15, 0.2) is 0 Å². The van der Waals surface area contributed by atoms with Crippen LogP contribution in [0.2, 0.25) is 0 Å². The molecule has 0 saturated carbocycles. The lowest BCUT2D eigenvalue weighted by atomic mass is 10.1. The summed E-state index contributed by atoms with van der Waals surface area (Å²) in [7, 11) is 1.36. The molecule has 0 spiro atoms. The third-order valence-corrected chi connectivity index (χ3v) is 3.29. The molecule has 1 unspecified atom stereocenters. The van der Waals surface area contributed by atoms with Gasteiger partial charge in [-0.1, -0.05) is 13.8 Å². The number of fused-ring (bicyclic) bond motifs is 1. The smallest absolute Gasteiger partial charge is 0.357 e. The quantitative estimate of drug-likeness (QED) is 0.825. The van der Waals surface area contributed by atoms with Crippen LogP contribution < -0.4 is 5.32 Å². The first kappa shape index (κ1) is 14.9. The van der Waals surface area contributed by atoms with Crippen molar-refractivity contribution in [3.8, 4) is 0 Å². The van der Waals surface area contributed by atoms with Gasteiger partial charge in [-0.3, -0.25) is 0 Å². The minimum atomic E-state index is -0.424. The molecule has 1 N–H and O–H groups in total. The Morgan fingerprint density at radius 1 is 1.35 bits per heavy atom. The number of nitrogens with one attached hydrogen (secondary N) is 1. The molecular weight excluding hydrogens is 258 g/mol. The molecule has 20 heavy (non-hydrogen) atoms. The first-order valence-electron chi connectivity index (χ1n) is 6.88. The summed E-state index contributed by atoms with van der Waals surface area (Å²) in [5, 5.41) is 3.18. The van der Waals surface area contributed by atoms with Gasteiger partial charge in [-0.2, -0.15) is 0 Å². The minimum Gasteiger partial charge on any atom is -0.464 e. The predicted molar refractivity (Wildman–Crippen MR) is 73.1 cm³/mol. The van der Waals surface area contributed by atoms with E-state index in [0.717, 1.165) is 11.3 Å². The summed E-state index contributed by atoms with van der Waals surface area (Å²) in [6.07, 6.45) is -0.214. The molecule has 1 aliphatic heterocycles. The number of ether oxygens (including phenoxy) is 2. The molecule has 0 saturated heterocycles. The number of hydrogen-bond donors (Lipinski definition) is 1. The molecule has 2 heterocycles. The second kappa shape index (κ2) is 6.28. The Morgan fingerprint density at radius 3 is 2.70 bits per heavy atom. The highest BCUT2D eigenvalue weighted by molar-refractivity contribution is 5.89. The van der Waals surface area contributed by atoms with Crippen molar-refractivity contribution in [3.63, 3.8) is 0 Å². The van der Waals surface area contributed by atoms with Crippen LogP contribution in [-0.2, 0) is 22.6 Å². The summed E-state index contributed by atoms with van der Waals surface area (Å²) in [4.78, 5) is 20.9. The van der Waals surface area contributed by atoms with Crippen LogP contribution in [0.25, 0.3) is 0 Å². The van der Waals surface area contributed by atoms with Crippen molar-refractivity contribution in [3.05, 3.63) is 22.8 Å². The number of aromatic nitrogens is 2. The third kappa shape index (κ3) is 2.81. The summed E-state index contributed by atoms with van der Waals surface area (Å²) in [6.45, 7) is 7.85. The summed E-state index contributed by atoms with van der Waals surface area (Å²) in [6, 6.07) is 0. The van der Waals surface area contributed by atoms with Crippen molar-refractivity contribution < 1.29 is 14.3 Å². The van der Waals surface area contributed by atoms with Crippen LogP contribution in [0.5, 0.6) is 0 Å². The molecule has 1 aromatic heterocycles. The first-order valence-corrected chi connectivity index (χ1v) is 6.88. The topological polar surface area (TPSA) is 73.3 Å². The number of carbonyl (C=O) groups excluding carboxylic acids is 1. The van der Waals surface area contributed by atoms with Crippen molar-refractivity contribution in [2.24, 2.45) is 5.92 Å². The number of hydrogen-bond acceptors (Lipinski definition) is 6. The molecule has 0 bridgehead atoms. The van der Waals surface area contributed by atoms with Gasteiger partial charge in [0.25, 0.3) is 0 Å². The van der Waals surface area contributed by atoms with Crippen molar-refractivity contribution >= 4 is 5.97 Å². The second-order valence-corrected chi connectivity index (χ2v) is 5.07. The van der Waals surface area contributed by atoms with Crippen molar-refractivity contribution in [2.75, 3.05) is 13.7 Å². The van der Waals surface area contributed by atoms with E-state index in [1.165, 1.54) is 7.11 Å². The zero-order valence-corrected chi connectivity index (χ0v) is 12.4. The van der Waals surface area contributed by atoms with Crippen LogP contribution in [0.1, 0.15) is 54.4 Å². The lowest BCUT2D eigenvalue weighted by Gasteiger charge is -2.20. The van der Waals surface area contributed by atoms with E-state index in [2.05, 4.69) is 15.3 Å². The molecule has 0 radical (unpaired) electrons. The fraction of sp³-hybridized carbons (Fsp3) is 0.643. The van der Waals surface area contributed by atoms with Gasteiger partial charge in [0.1, 0.15) is 6.10 Å². The summed E-state index contributed by atoms with van der Waals surface area (Å²) in [5.74, 6) is 0.366. The Labute approximate surface area is 118 Å². The van der Waals surface area contributed by atoms with Crippen LogP contribution in [0.3, 0.4) is 0 Å². The second-order valence-electron chi connectivity index (χ2n) is 5.07. The minimum absolute atomic E-state index is 0.214. The SMILES string of the molecule is CCOC(c1nc2c(c(C(=O)OC)n1)CNC2)C(C)C. The molecule has 110 valence electrons. The van der Waals surface area contributed by atoms with Gasteiger partial charge in [-0.05, 0) is 12.8 Å². The van der Waals surface area contributed by atoms with E-state index in [0.29, 0.717) is 31.2 Å². The Kier molecular flexibility index (Phi) is 4.67. The maximum absolute atomic E-state index is 11.9. The normalized spacial score (nSPS) is 15.2. The van der Waals surface area contributed by atoms with Gasteiger partial charge in [0.15, 0.2) is 11.5 Å². The van der Waals surface area contributed by atoms with E-state index in [9.17, 15) is 4.79 Å². The number of carbonyl (C=O) groups is 1. The van der Waals surface area contributed by atoms with Crippen molar-refractivity contribution in [2.45, 2.75) is 40.0 Å². The standard InChI is InChI=1S/C14H21N3O3/c1-5-20-12(8(2)3)13-16-10-7-15-6-9(10)11(17-13)14(18)19-4/h8,12,15H,5-7H2,1-4H3. The van der Waals surface area contributed by atoms with E-state index in [-0.39, 0.29) is 12.0 Å². The number of rotatable bonds is 5. The van der Waals surface area contributed by atoms with Crippen LogP contribution in [0.4, 0.5) is 0 Å². The van der Waals surface area contributed by atoms with Crippen LogP contribution in [-0.4, -0.2) is 29.7 Å². The Bertz CT molecular complexity index is 503. The molecule has 0 aromatic carbocycles. The average Bonchev–Trinajstić information content (AvgIpc) is 2.90. The molecule has 0 fully saturated rings. The van der Waals surface area contributed by atoms with E-state index in [1.54, 1.807) is 0 Å². The van der Waals surface area contributed by atoms with E-state index >= 15 is 0 Å². The van der Waals surface area contributed by atoms with Crippen molar-refractivity contribution in [1.29, 1.82) is 0 Å². The molecule has 6 nitrogen and oxygen atoms in total. The molecule has 1 atom stereocenters. The Balaban J connectivity index is 2.46. The lowest BCUT2D eigenvalue weighted by Crippen LogP contribution is -2.19. The molecular formula is C14H21N3O3. The maximum Gasteiger partial charge on any atom is 0.357 e. The number of esters is 1. The monoisotopic (exact) mass is 279 g/mol. The van der Waals surface area contributed by atoms with Crippen LogP contribution >= 0.6 is 0 Å². The van der Waals surface area contributed by atoms with E-state index < -0.39 is 5.97 Å². The van der Waals surface area contributed by atoms with Gasteiger partial charge in [0, 0.05) is 25.3 Å². The molecule has 1 aromatic rings. The lowest BCUT2D eigenvalue weighted by molar-refractivity contribution is 0.0226. The highest BCUT2D eigenvalue weighted by Gasteiger charge is 2.27. The van der Waals surface area contributed by atoms with E-state index in [4.69, 9.17) is 9.47 Å². The number of methoxy groups -OCH3 is 1. The van der Waals surface area contributed by atoms with Gasteiger partial charge in [0.2, 0.25) is 0 Å². The zero-order chi connectivity index (χ0) is 14.7. The molecule has 2 rings (SSSR count). The molecule has 0 aliphatic carbocycles. The zero-order valence-electron chi connectivity index (χ0n) is 12.4. The molecule has 1 aliphatic rings. The summed E-state index contributed by atoms with van der Waals surface area (Å²) >= 11 is 0. The first-order chi connectivity index (χ1) is 9.58. The number of nitrogens with zero attached hydrogens (tertiary/aromatic N) is 2. The van der Waals surface area contributed by atoms with Crippen LogP contribution in [0, 0.1) is 5.92 Å². The maximum atomic E-state index is 11.9. The third-order valence-electron chi connectivity index (χ3n) is 3.29. The largest absolute Gasteiger partial charge is 0.464 e. The van der Waals surface area contributed by atoms with E-state index in [1.807, 2.05) is 20.8 Å². The fourth-order valence-electron chi connectivity index (χ4n) is 2.32. The van der Waals surface area contributed by atoms with Gasteiger partial charge in [-0.25, -0.2) is 14.8 Å². The predicted octanol–water partition coefficient (Wildman–Crippen LogP) is 1.60. The molecule has 0 amide bonds. The Hall–Kier alpha value is -1.53. The van der Waals surface area contributed by atoms with Gasteiger partial charge >= 0.3 is 5.97 Å². The summed E-state index contributed by atoms with van der Waals surface area (Å²) in [5.41, 5.74) is 2.04. The van der Waals surface area contributed by atoms with Crippen molar-refractivity contribution in [1.82, 2.24) is 15.3 Å². The van der Waals surface area contributed by atoms with Gasteiger partial charge < -0.3 is 14.8 Å². The Morgan fingerprint density at radius 2 is 2.10 bits per heavy atom. The fourth-order valence-corrected chi connectivity index (χ4v) is 2.32. The average molecular weight is 279 g/mol.